The second-order valence-electron chi connectivity index (χ2n) is 6.50. The summed E-state index contributed by atoms with van der Waals surface area (Å²) in [6.45, 7) is 2.97. The van der Waals surface area contributed by atoms with E-state index in [2.05, 4.69) is 25.6 Å². The first-order valence-corrected chi connectivity index (χ1v) is 10.1. The maximum absolute atomic E-state index is 5.21. The summed E-state index contributed by atoms with van der Waals surface area (Å²) in [5.74, 6) is 2.75. The van der Waals surface area contributed by atoms with E-state index in [1.54, 1.807) is 24.8 Å². The standard InChI is InChI=1S/C20H23N5OS/c1-26-17-6-4-15(5-7-17)20-24-16(13-27-20)8-9-21-18-12-19(23-14-22-18)25-10-2-3-11-25/h4-7,12-14H,2-3,8-11H2,1H3,(H,21,22,23). The van der Waals surface area contributed by atoms with Crippen molar-refractivity contribution in [3.05, 3.63) is 47.7 Å². The number of ether oxygens (including phenoxy) is 1. The fourth-order valence-corrected chi connectivity index (χ4v) is 4.03. The number of hydrogen-bond donors (Lipinski definition) is 1. The minimum absolute atomic E-state index is 0.794. The number of hydrogen-bond acceptors (Lipinski definition) is 7. The summed E-state index contributed by atoms with van der Waals surface area (Å²) < 4.78 is 5.21. The van der Waals surface area contributed by atoms with E-state index in [0.29, 0.717) is 0 Å². The molecule has 3 heterocycles. The van der Waals surface area contributed by atoms with Crippen molar-refractivity contribution >= 4 is 23.0 Å². The molecular weight excluding hydrogens is 358 g/mol. The third-order valence-electron chi connectivity index (χ3n) is 4.66. The quantitative estimate of drug-likeness (QED) is 0.670. The predicted molar refractivity (Wildman–Crippen MR) is 110 cm³/mol. The number of nitrogens with one attached hydrogen (secondary N) is 1. The Morgan fingerprint density at radius 2 is 1.96 bits per heavy atom. The van der Waals surface area contributed by atoms with Crippen LogP contribution in [0.3, 0.4) is 0 Å². The summed E-state index contributed by atoms with van der Waals surface area (Å²) >= 11 is 1.67. The van der Waals surface area contributed by atoms with Gasteiger partial charge in [-0.05, 0) is 37.1 Å². The molecule has 0 spiro atoms. The van der Waals surface area contributed by atoms with E-state index < -0.39 is 0 Å². The number of thiazole rings is 1. The molecule has 4 rings (SSSR count). The summed E-state index contributed by atoms with van der Waals surface area (Å²) in [5, 5.41) is 6.55. The Balaban J connectivity index is 1.33. The molecule has 0 saturated carbocycles. The average Bonchev–Trinajstić information content (AvgIpc) is 3.41. The van der Waals surface area contributed by atoms with E-state index >= 15 is 0 Å². The fraction of sp³-hybridized carbons (Fsp3) is 0.350. The lowest BCUT2D eigenvalue weighted by Crippen LogP contribution is -2.19. The van der Waals surface area contributed by atoms with E-state index in [1.807, 2.05) is 30.3 Å². The zero-order valence-corrected chi connectivity index (χ0v) is 16.2. The number of benzene rings is 1. The lowest BCUT2D eigenvalue weighted by molar-refractivity contribution is 0.415. The Kier molecular flexibility index (Phi) is 5.48. The first-order valence-electron chi connectivity index (χ1n) is 9.21. The maximum Gasteiger partial charge on any atom is 0.134 e. The number of methoxy groups -OCH3 is 1. The smallest absolute Gasteiger partial charge is 0.134 e. The van der Waals surface area contributed by atoms with Crippen LogP contribution in [-0.4, -0.2) is 41.7 Å². The molecule has 1 aliphatic rings. The molecule has 0 amide bonds. The topological polar surface area (TPSA) is 63.2 Å². The molecule has 1 aliphatic heterocycles. The van der Waals surface area contributed by atoms with Crippen LogP contribution in [0.15, 0.2) is 42.0 Å². The second kappa shape index (κ2) is 8.35. The van der Waals surface area contributed by atoms with E-state index in [-0.39, 0.29) is 0 Å². The molecule has 140 valence electrons. The normalized spacial score (nSPS) is 13.7. The highest BCUT2D eigenvalue weighted by molar-refractivity contribution is 7.13. The van der Waals surface area contributed by atoms with Crippen molar-refractivity contribution in [1.29, 1.82) is 0 Å². The van der Waals surface area contributed by atoms with Gasteiger partial charge in [-0.25, -0.2) is 15.0 Å². The summed E-state index contributed by atoms with van der Waals surface area (Å²) in [6.07, 6.45) is 4.98. The molecule has 0 atom stereocenters. The molecule has 1 N–H and O–H groups in total. The van der Waals surface area contributed by atoms with Crippen LogP contribution in [0.25, 0.3) is 10.6 Å². The molecule has 1 saturated heterocycles. The number of anilines is 2. The molecule has 3 aromatic rings. The van der Waals surface area contributed by atoms with Gasteiger partial charge >= 0.3 is 0 Å². The van der Waals surface area contributed by atoms with Gasteiger partial charge in [0.1, 0.15) is 28.7 Å². The summed E-state index contributed by atoms with van der Waals surface area (Å²) in [6, 6.07) is 10.0. The zero-order chi connectivity index (χ0) is 18.5. The van der Waals surface area contributed by atoms with Crippen molar-refractivity contribution in [3.63, 3.8) is 0 Å². The second-order valence-corrected chi connectivity index (χ2v) is 7.36. The van der Waals surface area contributed by atoms with Gasteiger partial charge in [-0.1, -0.05) is 0 Å². The minimum atomic E-state index is 0.794. The Labute approximate surface area is 163 Å². The molecule has 0 radical (unpaired) electrons. The lowest BCUT2D eigenvalue weighted by atomic mass is 10.2. The lowest BCUT2D eigenvalue weighted by Gasteiger charge is -2.16. The predicted octanol–water partition coefficient (Wildman–Crippen LogP) is 3.86. The van der Waals surface area contributed by atoms with Crippen LogP contribution in [0.5, 0.6) is 5.75 Å². The van der Waals surface area contributed by atoms with Crippen LogP contribution < -0.4 is 15.0 Å². The van der Waals surface area contributed by atoms with Crippen LogP contribution >= 0.6 is 11.3 Å². The van der Waals surface area contributed by atoms with Gasteiger partial charge in [-0.15, -0.1) is 11.3 Å². The Hall–Kier alpha value is -2.67. The van der Waals surface area contributed by atoms with Gasteiger partial charge in [-0.3, -0.25) is 0 Å². The van der Waals surface area contributed by atoms with Gasteiger partial charge in [0.05, 0.1) is 12.8 Å². The van der Waals surface area contributed by atoms with Crippen LogP contribution in [-0.2, 0) is 6.42 Å². The molecule has 6 nitrogen and oxygen atoms in total. The van der Waals surface area contributed by atoms with Crippen LogP contribution in [0.1, 0.15) is 18.5 Å². The zero-order valence-electron chi connectivity index (χ0n) is 15.4. The highest BCUT2D eigenvalue weighted by atomic mass is 32.1. The van der Waals surface area contributed by atoms with Crippen molar-refractivity contribution in [2.45, 2.75) is 19.3 Å². The van der Waals surface area contributed by atoms with E-state index in [1.165, 1.54) is 12.8 Å². The summed E-state index contributed by atoms with van der Waals surface area (Å²) in [5.41, 5.74) is 2.21. The molecule has 2 aromatic heterocycles. The van der Waals surface area contributed by atoms with Gasteiger partial charge in [0.25, 0.3) is 0 Å². The molecule has 0 aliphatic carbocycles. The Morgan fingerprint density at radius 3 is 2.74 bits per heavy atom. The van der Waals surface area contributed by atoms with Gasteiger partial charge in [0.15, 0.2) is 0 Å². The van der Waals surface area contributed by atoms with Crippen LogP contribution in [0.4, 0.5) is 11.6 Å². The fourth-order valence-electron chi connectivity index (χ4n) is 3.17. The number of aromatic nitrogens is 3. The summed E-state index contributed by atoms with van der Waals surface area (Å²) in [7, 11) is 1.68. The molecular formula is C20H23N5OS. The van der Waals surface area contributed by atoms with Gasteiger partial charge in [0.2, 0.25) is 0 Å². The van der Waals surface area contributed by atoms with Crippen molar-refractivity contribution in [1.82, 2.24) is 15.0 Å². The van der Waals surface area contributed by atoms with E-state index in [4.69, 9.17) is 9.72 Å². The number of nitrogens with zero attached hydrogens (tertiary/aromatic N) is 4. The molecule has 7 heteroatoms. The highest BCUT2D eigenvalue weighted by Gasteiger charge is 2.14. The first-order chi connectivity index (χ1) is 13.3. The molecule has 0 bridgehead atoms. The maximum atomic E-state index is 5.21. The minimum Gasteiger partial charge on any atom is -0.497 e. The van der Waals surface area contributed by atoms with E-state index in [9.17, 15) is 0 Å². The molecule has 1 fully saturated rings. The third-order valence-corrected chi connectivity index (χ3v) is 5.60. The number of rotatable bonds is 7. The van der Waals surface area contributed by atoms with Crippen LogP contribution in [0, 0.1) is 0 Å². The monoisotopic (exact) mass is 381 g/mol. The Morgan fingerprint density at radius 1 is 1.15 bits per heavy atom. The van der Waals surface area contributed by atoms with Crippen molar-refractivity contribution < 1.29 is 4.74 Å². The van der Waals surface area contributed by atoms with Gasteiger partial charge in [0, 0.05) is 43.1 Å². The van der Waals surface area contributed by atoms with Gasteiger partial charge < -0.3 is 15.0 Å². The SMILES string of the molecule is COc1ccc(-c2nc(CCNc3cc(N4CCCC4)ncn3)cs2)cc1. The molecule has 27 heavy (non-hydrogen) atoms. The van der Waals surface area contributed by atoms with Crippen molar-refractivity contribution in [2.24, 2.45) is 0 Å². The summed E-state index contributed by atoms with van der Waals surface area (Å²) in [4.78, 5) is 15.8. The van der Waals surface area contributed by atoms with E-state index in [0.717, 1.165) is 59.7 Å². The van der Waals surface area contributed by atoms with Crippen LogP contribution in [0.2, 0.25) is 0 Å². The van der Waals surface area contributed by atoms with Gasteiger partial charge in [-0.2, -0.15) is 0 Å². The Bertz CT molecular complexity index is 874. The largest absolute Gasteiger partial charge is 0.497 e. The first kappa shape index (κ1) is 17.7. The van der Waals surface area contributed by atoms with Crippen molar-refractivity contribution in [3.8, 4) is 16.3 Å². The molecule has 1 aromatic carbocycles. The highest BCUT2D eigenvalue weighted by Crippen LogP contribution is 2.26. The van der Waals surface area contributed by atoms with Crippen molar-refractivity contribution in [2.75, 3.05) is 37.0 Å². The molecule has 0 unspecified atom stereocenters. The third kappa shape index (κ3) is 4.36. The average molecular weight is 382 g/mol.